The van der Waals surface area contributed by atoms with Crippen LogP contribution in [0.4, 0.5) is 5.82 Å². The van der Waals surface area contributed by atoms with Crippen LogP contribution in [0, 0.1) is 12.8 Å². The summed E-state index contributed by atoms with van der Waals surface area (Å²) >= 11 is 0. The Hall–Kier alpha value is -2.50. The molecular weight excluding hydrogens is 292 g/mol. The zero-order valence-electron chi connectivity index (χ0n) is 14.1. The number of nitrogens with one attached hydrogen (secondary N) is 1. The van der Waals surface area contributed by atoms with Crippen molar-refractivity contribution in [2.75, 3.05) is 12.3 Å². The van der Waals surface area contributed by atoms with Crippen LogP contribution in [0.15, 0.2) is 24.4 Å². The van der Waals surface area contributed by atoms with E-state index in [1.807, 2.05) is 25.1 Å². The minimum absolute atomic E-state index is 0.244. The molecule has 0 saturated heterocycles. The zero-order valence-corrected chi connectivity index (χ0v) is 14.1. The van der Waals surface area contributed by atoms with E-state index in [1.165, 1.54) is 10.9 Å². The maximum absolute atomic E-state index is 12.2. The van der Waals surface area contributed by atoms with Crippen LogP contribution in [0.3, 0.4) is 0 Å². The smallest absolute Gasteiger partial charge is 0.256 e. The molecule has 0 aliphatic heterocycles. The average Bonchev–Trinajstić information content (AvgIpc) is 2.83. The highest BCUT2D eigenvalue weighted by molar-refractivity contribution is 5.98. The summed E-state index contributed by atoms with van der Waals surface area (Å²) in [5.74, 6) is 1.35. The second-order valence-corrected chi connectivity index (χ2v) is 6.07. The fourth-order valence-electron chi connectivity index (χ4n) is 2.09. The van der Waals surface area contributed by atoms with Crippen molar-refractivity contribution in [3.8, 4) is 5.75 Å². The van der Waals surface area contributed by atoms with Crippen molar-refractivity contribution < 1.29 is 9.53 Å². The molecule has 0 unspecified atom stereocenters. The van der Waals surface area contributed by atoms with Crippen LogP contribution in [0.5, 0.6) is 5.75 Å². The van der Waals surface area contributed by atoms with Gasteiger partial charge in [-0.3, -0.25) is 9.48 Å². The van der Waals surface area contributed by atoms with Crippen molar-refractivity contribution in [2.45, 2.75) is 27.3 Å². The Bertz CT molecular complexity index is 692. The van der Waals surface area contributed by atoms with E-state index in [0.29, 0.717) is 30.5 Å². The van der Waals surface area contributed by atoms with Gasteiger partial charge in [-0.05, 0) is 24.5 Å². The number of rotatable bonds is 6. The molecule has 0 spiro atoms. The zero-order chi connectivity index (χ0) is 17.0. The van der Waals surface area contributed by atoms with Gasteiger partial charge in [0, 0.05) is 19.2 Å². The molecule has 0 aliphatic carbocycles. The number of nitrogens with zero attached hydrogens (tertiary/aromatic N) is 2. The minimum Gasteiger partial charge on any atom is -0.493 e. The Morgan fingerprint density at radius 2 is 2.17 bits per heavy atom. The number of anilines is 1. The number of nitrogen functional groups attached to an aromatic ring is 1. The third-order valence-corrected chi connectivity index (χ3v) is 3.46. The molecule has 2 aromatic rings. The van der Waals surface area contributed by atoms with Crippen molar-refractivity contribution in [1.82, 2.24) is 15.1 Å². The fourth-order valence-corrected chi connectivity index (χ4v) is 2.09. The molecule has 23 heavy (non-hydrogen) atoms. The van der Waals surface area contributed by atoms with Gasteiger partial charge in [-0.15, -0.1) is 0 Å². The molecule has 1 heterocycles. The van der Waals surface area contributed by atoms with E-state index in [-0.39, 0.29) is 5.91 Å². The molecule has 6 nitrogen and oxygen atoms in total. The van der Waals surface area contributed by atoms with Crippen LogP contribution in [-0.4, -0.2) is 22.3 Å². The molecule has 124 valence electrons. The molecule has 0 saturated carbocycles. The quantitative estimate of drug-likeness (QED) is 0.856. The van der Waals surface area contributed by atoms with Crippen LogP contribution >= 0.6 is 0 Å². The third kappa shape index (κ3) is 4.25. The summed E-state index contributed by atoms with van der Waals surface area (Å²) in [4.78, 5) is 12.2. The molecule has 2 rings (SSSR count). The molecule has 0 aliphatic rings. The first-order valence-electron chi connectivity index (χ1n) is 7.66. The highest BCUT2D eigenvalue weighted by atomic mass is 16.5. The van der Waals surface area contributed by atoms with E-state index in [1.54, 1.807) is 7.05 Å². The minimum atomic E-state index is -0.244. The van der Waals surface area contributed by atoms with Crippen molar-refractivity contribution in [1.29, 1.82) is 0 Å². The Labute approximate surface area is 136 Å². The van der Waals surface area contributed by atoms with E-state index in [0.717, 1.165) is 16.9 Å². The monoisotopic (exact) mass is 316 g/mol. The van der Waals surface area contributed by atoms with Gasteiger partial charge >= 0.3 is 0 Å². The number of hydrogen-bond acceptors (Lipinski definition) is 4. The SMILES string of the molecule is Cc1ccc(CNC(=O)c2cnn(C)c2N)c(OCC(C)C)c1. The van der Waals surface area contributed by atoms with E-state index in [9.17, 15) is 4.79 Å². The second-order valence-electron chi connectivity index (χ2n) is 6.07. The maximum Gasteiger partial charge on any atom is 0.256 e. The van der Waals surface area contributed by atoms with Crippen molar-refractivity contribution in [3.63, 3.8) is 0 Å². The first kappa shape index (κ1) is 16.9. The van der Waals surface area contributed by atoms with Gasteiger partial charge in [0.05, 0.1) is 12.8 Å². The number of benzene rings is 1. The molecule has 0 atom stereocenters. The van der Waals surface area contributed by atoms with Gasteiger partial charge in [0.1, 0.15) is 17.1 Å². The van der Waals surface area contributed by atoms with Crippen LogP contribution in [0.2, 0.25) is 0 Å². The summed E-state index contributed by atoms with van der Waals surface area (Å²) in [5, 5.41) is 6.84. The summed E-state index contributed by atoms with van der Waals surface area (Å²) in [7, 11) is 1.70. The number of carbonyl (C=O) groups excluding carboxylic acids is 1. The first-order valence-corrected chi connectivity index (χ1v) is 7.66. The number of hydrogen-bond donors (Lipinski definition) is 2. The normalized spacial score (nSPS) is 10.8. The lowest BCUT2D eigenvalue weighted by Gasteiger charge is -2.14. The highest BCUT2D eigenvalue weighted by Crippen LogP contribution is 2.21. The van der Waals surface area contributed by atoms with Gasteiger partial charge in [-0.2, -0.15) is 5.10 Å². The molecule has 0 fully saturated rings. The van der Waals surface area contributed by atoms with Crippen molar-refractivity contribution in [2.24, 2.45) is 13.0 Å². The van der Waals surface area contributed by atoms with E-state index in [4.69, 9.17) is 10.5 Å². The van der Waals surface area contributed by atoms with Gasteiger partial charge in [0.25, 0.3) is 5.91 Å². The predicted octanol–water partition coefficient (Wildman–Crippen LogP) is 2.28. The first-order chi connectivity index (χ1) is 10.9. The van der Waals surface area contributed by atoms with Gasteiger partial charge in [-0.1, -0.05) is 26.0 Å². The van der Waals surface area contributed by atoms with Gasteiger partial charge in [-0.25, -0.2) is 0 Å². The molecule has 1 aromatic carbocycles. The average molecular weight is 316 g/mol. The van der Waals surface area contributed by atoms with Crippen LogP contribution < -0.4 is 15.8 Å². The fraction of sp³-hybridized carbons (Fsp3) is 0.412. The molecule has 1 aromatic heterocycles. The van der Waals surface area contributed by atoms with E-state index in [2.05, 4.69) is 24.3 Å². The molecular formula is C17H24N4O2. The molecule has 1 amide bonds. The summed E-state index contributed by atoms with van der Waals surface area (Å²) in [6, 6.07) is 5.96. The standard InChI is InChI=1S/C17H24N4O2/c1-11(2)10-23-15-7-12(3)5-6-13(15)8-19-17(22)14-9-20-21(4)16(14)18/h5-7,9,11H,8,10,18H2,1-4H3,(H,19,22). The number of aryl methyl sites for hydroxylation is 2. The number of carbonyl (C=O) groups is 1. The van der Waals surface area contributed by atoms with Crippen LogP contribution in [-0.2, 0) is 13.6 Å². The Morgan fingerprint density at radius 3 is 2.78 bits per heavy atom. The van der Waals surface area contributed by atoms with Gasteiger partial charge < -0.3 is 15.8 Å². The largest absolute Gasteiger partial charge is 0.493 e. The van der Waals surface area contributed by atoms with Gasteiger partial charge in [0.2, 0.25) is 0 Å². The lowest BCUT2D eigenvalue weighted by atomic mass is 10.1. The second kappa shape index (κ2) is 7.17. The van der Waals surface area contributed by atoms with E-state index >= 15 is 0 Å². The number of ether oxygens (including phenoxy) is 1. The molecule has 6 heteroatoms. The Balaban J connectivity index is 2.07. The topological polar surface area (TPSA) is 82.2 Å². The lowest BCUT2D eigenvalue weighted by Crippen LogP contribution is -2.24. The molecule has 0 radical (unpaired) electrons. The van der Waals surface area contributed by atoms with Crippen molar-refractivity contribution >= 4 is 11.7 Å². The highest BCUT2D eigenvalue weighted by Gasteiger charge is 2.14. The van der Waals surface area contributed by atoms with Crippen LogP contribution in [0.25, 0.3) is 0 Å². The summed E-state index contributed by atoms with van der Waals surface area (Å²) < 4.78 is 7.32. The number of nitrogens with two attached hydrogens (primary N) is 1. The Kier molecular flexibility index (Phi) is 5.26. The van der Waals surface area contributed by atoms with Crippen molar-refractivity contribution in [3.05, 3.63) is 41.1 Å². The Morgan fingerprint density at radius 1 is 1.43 bits per heavy atom. The number of amides is 1. The lowest BCUT2D eigenvalue weighted by molar-refractivity contribution is 0.0951. The maximum atomic E-state index is 12.2. The third-order valence-electron chi connectivity index (χ3n) is 3.46. The molecule has 3 N–H and O–H groups in total. The molecule has 0 bridgehead atoms. The summed E-state index contributed by atoms with van der Waals surface area (Å²) in [6.45, 7) is 7.23. The number of aromatic nitrogens is 2. The summed E-state index contributed by atoms with van der Waals surface area (Å²) in [5.41, 5.74) is 8.25. The van der Waals surface area contributed by atoms with Crippen LogP contribution in [0.1, 0.15) is 35.3 Å². The van der Waals surface area contributed by atoms with Gasteiger partial charge in [0.15, 0.2) is 0 Å². The predicted molar refractivity (Wildman–Crippen MR) is 90.3 cm³/mol. The summed E-state index contributed by atoms with van der Waals surface area (Å²) in [6.07, 6.45) is 1.47. The van der Waals surface area contributed by atoms with E-state index < -0.39 is 0 Å².